The lowest BCUT2D eigenvalue weighted by Gasteiger charge is -2.14. The highest BCUT2D eigenvalue weighted by Gasteiger charge is 2.24. The molecule has 0 aliphatic carbocycles. The Labute approximate surface area is 256 Å². The molecule has 0 aliphatic heterocycles. The summed E-state index contributed by atoms with van der Waals surface area (Å²) in [4.78, 5) is 65.0. The van der Waals surface area contributed by atoms with Gasteiger partial charge in [-0.15, -0.1) is 0 Å². The summed E-state index contributed by atoms with van der Waals surface area (Å²) in [6.45, 7) is -0.189. The molecule has 0 aliphatic rings. The number of carbonyl (C=O) groups excluding carboxylic acids is 4. The van der Waals surface area contributed by atoms with Crippen LogP contribution in [0.4, 0.5) is 9.59 Å². The van der Waals surface area contributed by atoms with E-state index in [9.17, 15) is 19.2 Å². The Morgan fingerprint density at radius 3 is 1.18 bits per heavy atom. The fourth-order valence-electron chi connectivity index (χ4n) is 3.51. The van der Waals surface area contributed by atoms with Crippen LogP contribution in [0.3, 0.4) is 0 Å². The average molecular weight is 645 g/mol. The molecule has 248 valence electrons. The molecule has 0 atom stereocenters. The monoisotopic (exact) mass is 644 g/mol. The van der Waals surface area contributed by atoms with Gasteiger partial charge >= 0.3 is 24.2 Å². The molecule has 0 N–H and O–H groups in total. The van der Waals surface area contributed by atoms with Crippen LogP contribution in [0.5, 0.6) is 34.5 Å². The van der Waals surface area contributed by atoms with Gasteiger partial charge in [-0.2, -0.15) is 0 Å². The third-order valence-electron chi connectivity index (χ3n) is 5.50. The standard InChI is InChI=1S/C27H32O18/c1-32-18-12-10-16(20(34-3)22(18)36-5)24(28)40-44-42-26(30)38-14-8-7-9-15-39-27(31)43-45-41-25(29)17-11-13-19(33-2)23(37-6)21(17)35-4/h10-13H,7-9,14-15H2,1-6H3. The third kappa shape index (κ3) is 10.4. The molecule has 0 saturated heterocycles. The largest absolute Gasteiger partial charge is 0.543 e. The summed E-state index contributed by atoms with van der Waals surface area (Å²) in [5.41, 5.74) is -0.192. The fourth-order valence-corrected chi connectivity index (χ4v) is 3.51. The van der Waals surface area contributed by atoms with E-state index < -0.39 is 24.2 Å². The number of carbonyl (C=O) groups is 4. The van der Waals surface area contributed by atoms with Crippen molar-refractivity contribution in [2.24, 2.45) is 0 Å². The Balaban J connectivity index is 1.59. The van der Waals surface area contributed by atoms with E-state index in [4.69, 9.17) is 37.9 Å². The quantitative estimate of drug-likeness (QED) is 0.0978. The van der Waals surface area contributed by atoms with Crippen molar-refractivity contribution in [2.45, 2.75) is 19.3 Å². The van der Waals surface area contributed by atoms with E-state index in [2.05, 4.69) is 29.6 Å². The van der Waals surface area contributed by atoms with Crippen molar-refractivity contribution in [3.05, 3.63) is 35.4 Å². The maximum atomic E-state index is 12.3. The van der Waals surface area contributed by atoms with Gasteiger partial charge in [0.25, 0.3) is 0 Å². The first kappa shape index (κ1) is 35.8. The first-order valence-corrected chi connectivity index (χ1v) is 12.8. The summed E-state index contributed by atoms with van der Waals surface area (Å²) in [6, 6.07) is 5.53. The van der Waals surface area contributed by atoms with Crippen LogP contribution in [0, 0.1) is 0 Å². The van der Waals surface area contributed by atoms with Crippen LogP contribution in [-0.4, -0.2) is 80.1 Å². The van der Waals surface area contributed by atoms with Gasteiger partial charge in [-0.05, 0) is 43.5 Å². The summed E-state index contributed by atoms with van der Waals surface area (Å²) in [5, 5.41) is 8.37. The van der Waals surface area contributed by atoms with Crippen LogP contribution in [0.25, 0.3) is 0 Å². The molecule has 0 amide bonds. The molecular weight excluding hydrogens is 612 g/mol. The number of rotatable bonds is 18. The van der Waals surface area contributed by atoms with Crippen LogP contribution in [0.15, 0.2) is 24.3 Å². The maximum Gasteiger partial charge on any atom is 0.543 e. The molecule has 0 unspecified atom stereocenters. The van der Waals surface area contributed by atoms with Crippen molar-refractivity contribution >= 4 is 24.2 Å². The van der Waals surface area contributed by atoms with Crippen molar-refractivity contribution in [1.29, 1.82) is 0 Å². The van der Waals surface area contributed by atoms with Crippen molar-refractivity contribution in [3.63, 3.8) is 0 Å². The molecule has 2 aromatic rings. The lowest BCUT2D eigenvalue weighted by atomic mass is 10.1. The molecule has 45 heavy (non-hydrogen) atoms. The van der Waals surface area contributed by atoms with Gasteiger partial charge in [0, 0.05) is 0 Å². The third-order valence-corrected chi connectivity index (χ3v) is 5.50. The van der Waals surface area contributed by atoms with Gasteiger partial charge in [0.15, 0.2) is 23.0 Å². The summed E-state index contributed by atoms with van der Waals surface area (Å²) in [6.07, 6.45) is -1.42. The molecule has 18 nitrogen and oxygen atoms in total. The van der Waals surface area contributed by atoms with Crippen LogP contribution >= 0.6 is 0 Å². The number of methoxy groups -OCH3 is 6. The van der Waals surface area contributed by atoms with Crippen molar-refractivity contribution < 1.29 is 86.7 Å². The van der Waals surface area contributed by atoms with Gasteiger partial charge < -0.3 is 37.9 Å². The van der Waals surface area contributed by atoms with E-state index in [1.165, 1.54) is 66.9 Å². The summed E-state index contributed by atoms with van der Waals surface area (Å²) >= 11 is 0. The van der Waals surface area contributed by atoms with E-state index in [0.717, 1.165) is 0 Å². The summed E-state index contributed by atoms with van der Waals surface area (Å²) < 4.78 is 40.4. The number of hydrogen-bond acceptors (Lipinski definition) is 18. The molecule has 0 aromatic heterocycles. The molecule has 2 rings (SSSR count). The molecule has 0 saturated carbocycles. The fraction of sp³-hybridized carbons (Fsp3) is 0.407. The van der Waals surface area contributed by atoms with E-state index >= 15 is 0 Å². The van der Waals surface area contributed by atoms with Gasteiger partial charge in [0.2, 0.25) is 11.5 Å². The van der Waals surface area contributed by atoms with E-state index in [0.29, 0.717) is 30.8 Å². The van der Waals surface area contributed by atoms with Gasteiger partial charge in [-0.3, -0.25) is 9.78 Å². The van der Waals surface area contributed by atoms with Crippen LogP contribution in [0.1, 0.15) is 40.0 Å². The second kappa shape index (κ2) is 19.0. The Hall–Kier alpha value is -5.36. The highest BCUT2D eigenvalue weighted by atomic mass is 17.5. The Kier molecular flexibility index (Phi) is 15.2. The number of benzene rings is 2. The maximum absolute atomic E-state index is 12.3. The minimum Gasteiger partial charge on any atom is -0.493 e. The Morgan fingerprint density at radius 1 is 0.467 bits per heavy atom. The molecule has 0 bridgehead atoms. The highest BCUT2D eigenvalue weighted by Crippen LogP contribution is 2.41. The van der Waals surface area contributed by atoms with Crippen molar-refractivity contribution in [2.75, 3.05) is 55.9 Å². The minimum atomic E-state index is -1.28. The lowest BCUT2D eigenvalue weighted by Crippen LogP contribution is -2.14. The number of hydrogen-bond donors (Lipinski definition) is 0. The van der Waals surface area contributed by atoms with E-state index in [1.54, 1.807) is 0 Å². The predicted molar refractivity (Wildman–Crippen MR) is 144 cm³/mol. The SMILES string of the molecule is COc1ccc(C(=O)OOOC(=O)OCCCCCOC(=O)OOOC(=O)c2ccc(OC)c(OC)c2OC)c(OC)c1OC. The van der Waals surface area contributed by atoms with Crippen LogP contribution in [-0.2, 0) is 39.1 Å². The Morgan fingerprint density at radius 2 is 0.844 bits per heavy atom. The first-order valence-electron chi connectivity index (χ1n) is 12.8. The van der Waals surface area contributed by atoms with Gasteiger partial charge in [-0.25, -0.2) is 29.0 Å². The van der Waals surface area contributed by atoms with E-state index in [-0.39, 0.29) is 47.3 Å². The normalized spacial score (nSPS) is 10.1. The van der Waals surface area contributed by atoms with Crippen molar-refractivity contribution in [3.8, 4) is 34.5 Å². The number of unbranched alkanes of at least 4 members (excludes halogenated alkanes) is 2. The number of ether oxygens (including phenoxy) is 8. The zero-order chi connectivity index (χ0) is 33.2. The zero-order valence-corrected chi connectivity index (χ0v) is 25.2. The second-order valence-corrected chi connectivity index (χ2v) is 8.07. The van der Waals surface area contributed by atoms with Gasteiger partial charge in [0.1, 0.15) is 11.1 Å². The average Bonchev–Trinajstić information content (AvgIpc) is 3.05. The highest BCUT2D eigenvalue weighted by molar-refractivity contribution is 5.94. The second-order valence-electron chi connectivity index (χ2n) is 8.07. The topological polar surface area (TPSA) is 197 Å². The molecular formula is C27H32O18. The van der Waals surface area contributed by atoms with Crippen molar-refractivity contribution in [1.82, 2.24) is 0 Å². The van der Waals surface area contributed by atoms with Gasteiger partial charge in [-0.1, -0.05) is 0 Å². The van der Waals surface area contributed by atoms with Crippen LogP contribution in [0.2, 0.25) is 0 Å². The molecule has 0 fully saturated rings. The summed E-state index contributed by atoms with van der Waals surface area (Å²) in [7, 11) is 8.12. The molecule has 0 spiro atoms. The zero-order valence-electron chi connectivity index (χ0n) is 25.2. The predicted octanol–water partition coefficient (Wildman–Crippen LogP) is 3.92. The molecule has 2 aromatic carbocycles. The van der Waals surface area contributed by atoms with E-state index in [1.807, 2.05) is 0 Å². The lowest BCUT2D eigenvalue weighted by molar-refractivity contribution is -0.452. The molecule has 0 radical (unpaired) electrons. The first-order chi connectivity index (χ1) is 21.8. The minimum absolute atomic E-state index is 0.00776. The van der Waals surface area contributed by atoms with Crippen LogP contribution < -0.4 is 28.4 Å². The smallest absolute Gasteiger partial charge is 0.493 e. The Bertz CT molecular complexity index is 1200. The molecule has 0 heterocycles. The van der Waals surface area contributed by atoms with Gasteiger partial charge in [0.05, 0.1) is 65.9 Å². The molecule has 18 heteroatoms. The summed E-state index contributed by atoms with van der Waals surface area (Å²) in [5.74, 6) is -1.21.